The maximum absolute atomic E-state index is 12.9. The highest BCUT2D eigenvalue weighted by Crippen LogP contribution is 2.31. The lowest BCUT2D eigenvalue weighted by Gasteiger charge is -2.38. The van der Waals surface area contributed by atoms with Gasteiger partial charge in [-0.3, -0.25) is 14.2 Å². The second-order valence-electron chi connectivity index (χ2n) is 7.30. The Balaban J connectivity index is 1.74. The Bertz CT molecular complexity index is 985. The minimum atomic E-state index is -0.826. The van der Waals surface area contributed by atoms with E-state index in [9.17, 15) is 14.4 Å². The van der Waals surface area contributed by atoms with E-state index in [2.05, 4.69) is 10.3 Å². The molecule has 0 saturated carbocycles. The van der Waals surface area contributed by atoms with Crippen molar-refractivity contribution in [3.8, 4) is 0 Å². The predicted octanol–water partition coefficient (Wildman–Crippen LogP) is 0.883. The Labute approximate surface area is 169 Å². The van der Waals surface area contributed by atoms with E-state index >= 15 is 0 Å². The van der Waals surface area contributed by atoms with Crippen molar-refractivity contribution < 1.29 is 14.3 Å². The zero-order valence-corrected chi connectivity index (χ0v) is 17.1. The van der Waals surface area contributed by atoms with Gasteiger partial charge in [-0.05, 0) is 38.0 Å². The number of aryl methyl sites for hydroxylation is 3. The largest absolute Gasteiger partial charge is 0.356 e. The summed E-state index contributed by atoms with van der Waals surface area (Å²) in [5.74, 6) is -0.487. The fraction of sp³-hybridized carbons (Fsp3) is 0.429. The number of nitrogens with one attached hydrogen (secondary N) is 1. The molecule has 1 saturated heterocycles. The molecule has 2 heterocycles. The number of carbonyl (C=O) groups excluding carboxylic acids is 2. The molecule has 1 fully saturated rings. The van der Waals surface area contributed by atoms with Gasteiger partial charge >= 0.3 is 5.69 Å². The molecule has 8 nitrogen and oxygen atoms in total. The zero-order chi connectivity index (χ0) is 21.1. The van der Waals surface area contributed by atoms with Crippen LogP contribution >= 0.6 is 0 Å². The second kappa shape index (κ2) is 8.57. The first-order valence-corrected chi connectivity index (χ1v) is 9.55. The summed E-state index contributed by atoms with van der Waals surface area (Å²) < 4.78 is 7.14. The average Bonchev–Trinajstić information content (AvgIpc) is 2.66. The number of rotatable bonds is 5. The number of aromatic nitrogens is 2. The summed E-state index contributed by atoms with van der Waals surface area (Å²) >= 11 is 0. The topological polar surface area (TPSA) is 93.5 Å². The van der Waals surface area contributed by atoms with Gasteiger partial charge in [0.15, 0.2) is 6.10 Å². The van der Waals surface area contributed by atoms with E-state index in [1.54, 1.807) is 18.9 Å². The number of morpholine rings is 1. The number of nitrogens with zero attached hydrogens (tertiary/aromatic N) is 3. The van der Waals surface area contributed by atoms with Crippen LogP contribution in [0.2, 0.25) is 0 Å². The normalized spacial score (nSPS) is 19.3. The molecular weight excluding hydrogens is 372 g/mol. The van der Waals surface area contributed by atoms with Crippen molar-refractivity contribution in [2.75, 3.05) is 20.2 Å². The van der Waals surface area contributed by atoms with Crippen LogP contribution in [0.4, 0.5) is 0 Å². The number of hydrogen-bond acceptors (Lipinski definition) is 5. The van der Waals surface area contributed by atoms with Crippen LogP contribution in [0.25, 0.3) is 0 Å². The van der Waals surface area contributed by atoms with Gasteiger partial charge in [-0.1, -0.05) is 24.3 Å². The first-order valence-electron chi connectivity index (χ1n) is 9.55. The average molecular weight is 398 g/mol. The highest BCUT2D eigenvalue weighted by atomic mass is 16.5. The van der Waals surface area contributed by atoms with E-state index in [1.807, 2.05) is 44.2 Å². The van der Waals surface area contributed by atoms with Crippen molar-refractivity contribution >= 4 is 11.8 Å². The molecule has 1 aliphatic heterocycles. The molecule has 2 atom stereocenters. The first kappa shape index (κ1) is 20.7. The fourth-order valence-corrected chi connectivity index (χ4v) is 3.66. The number of carbonyl (C=O) groups is 2. The fourth-order valence-electron chi connectivity index (χ4n) is 3.66. The van der Waals surface area contributed by atoms with E-state index < -0.39 is 12.1 Å². The van der Waals surface area contributed by atoms with Gasteiger partial charge in [0.2, 0.25) is 5.91 Å². The summed E-state index contributed by atoms with van der Waals surface area (Å²) in [7, 11) is 1.68. The molecule has 0 radical (unpaired) electrons. The van der Waals surface area contributed by atoms with Crippen LogP contribution in [-0.4, -0.2) is 52.6 Å². The SMILES string of the molecule is Cc1cc(C)n(CCNC(=O)[C@H]2OCC(=O)N(C)[C@@H]2c2ccccc2C)c(=O)n1. The lowest BCUT2D eigenvalue weighted by Crippen LogP contribution is -2.53. The van der Waals surface area contributed by atoms with Crippen LogP contribution in [0, 0.1) is 20.8 Å². The Hall–Kier alpha value is -3.00. The minimum absolute atomic E-state index is 0.141. The van der Waals surface area contributed by atoms with Gasteiger partial charge in [-0.15, -0.1) is 0 Å². The van der Waals surface area contributed by atoms with Gasteiger partial charge in [0.25, 0.3) is 5.91 Å². The third-order valence-corrected chi connectivity index (χ3v) is 5.23. The quantitative estimate of drug-likeness (QED) is 0.807. The lowest BCUT2D eigenvalue weighted by atomic mass is 9.94. The molecular formula is C21H26N4O4. The summed E-state index contributed by atoms with van der Waals surface area (Å²) in [5, 5.41) is 2.84. The van der Waals surface area contributed by atoms with Gasteiger partial charge < -0.3 is 15.0 Å². The highest BCUT2D eigenvalue weighted by molar-refractivity contribution is 5.86. The Morgan fingerprint density at radius 3 is 2.66 bits per heavy atom. The molecule has 8 heteroatoms. The summed E-state index contributed by atoms with van der Waals surface area (Å²) in [6, 6.07) is 8.94. The van der Waals surface area contributed by atoms with E-state index in [4.69, 9.17) is 4.74 Å². The van der Waals surface area contributed by atoms with Crippen LogP contribution in [0.1, 0.15) is 28.6 Å². The van der Waals surface area contributed by atoms with Gasteiger partial charge in [-0.2, -0.15) is 4.98 Å². The second-order valence-corrected chi connectivity index (χ2v) is 7.30. The number of hydrogen-bond donors (Lipinski definition) is 1. The van der Waals surface area contributed by atoms with Crippen molar-refractivity contribution in [1.82, 2.24) is 19.8 Å². The van der Waals surface area contributed by atoms with Crippen LogP contribution in [0.3, 0.4) is 0 Å². The van der Waals surface area contributed by atoms with Crippen LogP contribution in [-0.2, 0) is 20.9 Å². The Morgan fingerprint density at radius 1 is 1.24 bits per heavy atom. The predicted molar refractivity (Wildman–Crippen MR) is 107 cm³/mol. The zero-order valence-electron chi connectivity index (χ0n) is 17.1. The molecule has 2 aromatic rings. The smallest absolute Gasteiger partial charge is 0.348 e. The molecule has 1 N–H and O–H groups in total. The Morgan fingerprint density at radius 2 is 1.97 bits per heavy atom. The lowest BCUT2D eigenvalue weighted by molar-refractivity contribution is -0.162. The van der Waals surface area contributed by atoms with Crippen molar-refractivity contribution in [1.29, 1.82) is 0 Å². The molecule has 1 aromatic carbocycles. The molecule has 1 aliphatic rings. The number of amides is 2. The van der Waals surface area contributed by atoms with Gasteiger partial charge in [0.1, 0.15) is 6.61 Å². The van der Waals surface area contributed by atoms with Crippen LogP contribution < -0.4 is 11.0 Å². The van der Waals surface area contributed by atoms with Crippen molar-refractivity contribution in [2.45, 2.75) is 39.5 Å². The monoisotopic (exact) mass is 398 g/mol. The Kier molecular flexibility index (Phi) is 6.12. The molecule has 0 unspecified atom stereocenters. The minimum Gasteiger partial charge on any atom is -0.356 e. The summed E-state index contributed by atoms with van der Waals surface area (Å²) in [6.45, 7) is 5.96. The van der Waals surface area contributed by atoms with Crippen molar-refractivity contribution in [2.24, 2.45) is 0 Å². The van der Waals surface area contributed by atoms with Crippen molar-refractivity contribution in [3.05, 3.63) is 63.3 Å². The van der Waals surface area contributed by atoms with Gasteiger partial charge in [0, 0.05) is 31.5 Å². The number of likely N-dealkylation sites (N-methyl/N-ethyl adjacent to an activating group) is 1. The molecule has 0 aliphatic carbocycles. The first-order chi connectivity index (χ1) is 13.8. The number of ether oxygens (including phenoxy) is 1. The summed E-state index contributed by atoms with van der Waals surface area (Å²) in [5.41, 5.74) is 2.96. The molecule has 3 rings (SSSR count). The van der Waals surface area contributed by atoms with Gasteiger partial charge in [0.05, 0.1) is 6.04 Å². The van der Waals surface area contributed by atoms with Crippen molar-refractivity contribution in [3.63, 3.8) is 0 Å². The third kappa shape index (κ3) is 4.37. The molecule has 154 valence electrons. The maximum Gasteiger partial charge on any atom is 0.348 e. The van der Waals surface area contributed by atoms with E-state index in [0.717, 1.165) is 16.8 Å². The third-order valence-electron chi connectivity index (χ3n) is 5.23. The highest BCUT2D eigenvalue weighted by Gasteiger charge is 2.40. The van der Waals surface area contributed by atoms with Crippen LogP contribution in [0.15, 0.2) is 35.1 Å². The van der Waals surface area contributed by atoms with Crippen LogP contribution in [0.5, 0.6) is 0 Å². The van der Waals surface area contributed by atoms with Gasteiger partial charge in [-0.25, -0.2) is 4.79 Å². The van der Waals surface area contributed by atoms with E-state index in [1.165, 1.54) is 4.57 Å². The molecule has 1 aromatic heterocycles. The van der Waals surface area contributed by atoms with E-state index in [-0.39, 0.29) is 30.7 Å². The summed E-state index contributed by atoms with van der Waals surface area (Å²) in [4.78, 5) is 42.6. The van der Waals surface area contributed by atoms with E-state index in [0.29, 0.717) is 12.2 Å². The maximum atomic E-state index is 12.9. The molecule has 0 spiro atoms. The molecule has 29 heavy (non-hydrogen) atoms. The number of benzene rings is 1. The standard InChI is InChI=1S/C21H26N4O4/c1-13-7-5-6-8-16(13)18-19(29-12-17(26)24(18)4)20(27)22-9-10-25-15(3)11-14(2)23-21(25)28/h5-8,11,18-19H,9-10,12H2,1-4H3,(H,22,27)/t18-,19+/m1/s1. The molecule has 0 bridgehead atoms. The molecule has 2 amide bonds. The summed E-state index contributed by atoms with van der Waals surface area (Å²) in [6.07, 6.45) is -0.826.